The van der Waals surface area contributed by atoms with E-state index in [1.54, 1.807) is 0 Å². The van der Waals surface area contributed by atoms with Gasteiger partial charge in [0.2, 0.25) is 0 Å². The Morgan fingerprint density at radius 3 is 2.45 bits per heavy atom. The van der Waals surface area contributed by atoms with Crippen molar-refractivity contribution in [3.05, 3.63) is 34.3 Å². The van der Waals surface area contributed by atoms with Gasteiger partial charge in [0.15, 0.2) is 0 Å². The molecule has 0 heterocycles. The molecule has 1 aromatic carbocycles. The summed E-state index contributed by atoms with van der Waals surface area (Å²) >= 11 is 6.25. The predicted octanol–water partition coefficient (Wildman–Crippen LogP) is 6.05. The Kier molecular flexibility index (Phi) is 8.97. The van der Waals surface area contributed by atoms with Crippen molar-refractivity contribution in [3.63, 3.8) is 0 Å². The minimum Gasteiger partial charge on any atom is -0.310 e. The number of nitrogens with one attached hydrogen (secondary N) is 1. The van der Waals surface area contributed by atoms with Gasteiger partial charge >= 0.3 is 0 Å². The SMILES string of the molecule is CCCCCCCCC(NCC)c1cccc(Cl)c1C. The van der Waals surface area contributed by atoms with Crippen molar-refractivity contribution in [1.82, 2.24) is 5.32 Å². The van der Waals surface area contributed by atoms with Crippen LogP contribution in [-0.2, 0) is 0 Å². The normalized spacial score (nSPS) is 12.6. The van der Waals surface area contributed by atoms with Crippen LogP contribution >= 0.6 is 11.6 Å². The van der Waals surface area contributed by atoms with Gasteiger partial charge in [-0.2, -0.15) is 0 Å². The first-order valence-electron chi connectivity index (χ1n) is 8.19. The van der Waals surface area contributed by atoms with Crippen LogP contribution in [0.3, 0.4) is 0 Å². The van der Waals surface area contributed by atoms with E-state index in [4.69, 9.17) is 11.6 Å². The molecule has 0 saturated carbocycles. The summed E-state index contributed by atoms with van der Waals surface area (Å²) in [7, 11) is 0. The van der Waals surface area contributed by atoms with Crippen molar-refractivity contribution in [3.8, 4) is 0 Å². The molecule has 20 heavy (non-hydrogen) atoms. The van der Waals surface area contributed by atoms with E-state index in [0.29, 0.717) is 6.04 Å². The molecule has 2 heteroatoms. The number of rotatable bonds is 10. The molecule has 0 fully saturated rings. The molecule has 0 aliphatic rings. The fraction of sp³-hybridized carbons (Fsp3) is 0.667. The van der Waals surface area contributed by atoms with E-state index in [2.05, 4.69) is 38.2 Å². The highest BCUT2D eigenvalue weighted by Gasteiger charge is 2.13. The Hall–Kier alpha value is -0.530. The first-order chi connectivity index (χ1) is 9.70. The lowest BCUT2D eigenvalue weighted by Crippen LogP contribution is -2.21. The van der Waals surface area contributed by atoms with E-state index in [9.17, 15) is 0 Å². The smallest absolute Gasteiger partial charge is 0.0438 e. The van der Waals surface area contributed by atoms with E-state index in [0.717, 1.165) is 11.6 Å². The maximum atomic E-state index is 6.25. The van der Waals surface area contributed by atoms with Crippen LogP contribution in [0.25, 0.3) is 0 Å². The van der Waals surface area contributed by atoms with Crippen LogP contribution < -0.4 is 5.32 Å². The maximum absolute atomic E-state index is 6.25. The maximum Gasteiger partial charge on any atom is 0.0438 e. The average molecular weight is 296 g/mol. The zero-order valence-corrected chi connectivity index (χ0v) is 14.1. The van der Waals surface area contributed by atoms with Crippen LogP contribution in [-0.4, -0.2) is 6.54 Å². The van der Waals surface area contributed by atoms with Crippen molar-refractivity contribution < 1.29 is 0 Å². The van der Waals surface area contributed by atoms with Crippen molar-refractivity contribution in [2.45, 2.75) is 71.8 Å². The molecule has 1 rings (SSSR count). The third kappa shape index (κ3) is 5.85. The van der Waals surface area contributed by atoms with E-state index < -0.39 is 0 Å². The molecule has 1 nitrogen and oxygen atoms in total. The first-order valence-corrected chi connectivity index (χ1v) is 8.56. The van der Waals surface area contributed by atoms with Gasteiger partial charge in [-0.25, -0.2) is 0 Å². The monoisotopic (exact) mass is 295 g/mol. The van der Waals surface area contributed by atoms with Gasteiger partial charge in [-0.1, -0.05) is 76.1 Å². The number of hydrogen-bond acceptors (Lipinski definition) is 1. The minimum atomic E-state index is 0.449. The van der Waals surface area contributed by atoms with Crippen molar-refractivity contribution in [2.24, 2.45) is 0 Å². The summed E-state index contributed by atoms with van der Waals surface area (Å²) in [6.45, 7) is 7.58. The third-order valence-electron chi connectivity index (χ3n) is 3.98. The van der Waals surface area contributed by atoms with Gasteiger partial charge in [-0.15, -0.1) is 0 Å². The average Bonchev–Trinajstić information content (AvgIpc) is 2.45. The van der Waals surface area contributed by atoms with Gasteiger partial charge in [0.05, 0.1) is 0 Å². The highest BCUT2D eigenvalue weighted by molar-refractivity contribution is 6.31. The van der Waals surface area contributed by atoms with E-state index in [1.165, 1.54) is 56.1 Å². The highest BCUT2D eigenvalue weighted by atomic mass is 35.5. The molecule has 0 amide bonds. The molecule has 0 aromatic heterocycles. The van der Waals surface area contributed by atoms with Crippen LogP contribution in [0.5, 0.6) is 0 Å². The second-order valence-corrected chi connectivity index (χ2v) is 6.03. The molecular weight excluding hydrogens is 266 g/mol. The summed E-state index contributed by atoms with van der Waals surface area (Å²) in [5, 5.41) is 4.49. The van der Waals surface area contributed by atoms with Gasteiger partial charge in [-0.05, 0) is 37.1 Å². The summed E-state index contributed by atoms with van der Waals surface area (Å²) in [6, 6.07) is 6.71. The fourth-order valence-corrected chi connectivity index (χ4v) is 2.93. The first kappa shape index (κ1) is 17.5. The lowest BCUT2D eigenvalue weighted by atomic mass is 9.96. The van der Waals surface area contributed by atoms with Gasteiger partial charge < -0.3 is 5.32 Å². The second-order valence-electron chi connectivity index (χ2n) is 5.62. The molecule has 0 aliphatic carbocycles. The van der Waals surface area contributed by atoms with E-state index in [1.807, 2.05) is 6.07 Å². The van der Waals surface area contributed by atoms with Gasteiger partial charge in [-0.3, -0.25) is 0 Å². The molecular formula is C18H30ClN. The van der Waals surface area contributed by atoms with Crippen molar-refractivity contribution in [1.29, 1.82) is 0 Å². The van der Waals surface area contributed by atoms with Gasteiger partial charge in [0.1, 0.15) is 0 Å². The lowest BCUT2D eigenvalue weighted by Gasteiger charge is -2.21. The van der Waals surface area contributed by atoms with Gasteiger partial charge in [0.25, 0.3) is 0 Å². The molecule has 0 spiro atoms. The van der Waals surface area contributed by atoms with Crippen LogP contribution in [0, 0.1) is 6.92 Å². The van der Waals surface area contributed by atoms with Crippen molar-refractivity contribution >= 4 is 11.6 Å². The Balaban J connectivity index is 2.49. The Morgan fingerprint density at radius 1 is 1.05 bits per heavy atom. The molecule has 1 N–H and O–H groups in total. The predicted molar refractivity (Wildman–Crippen MR) is 90.6 cm³/mol. The highest BCUT2D eigenvalue weighted by Crippen LogP contribution is 2.27. The third-order valence-corrected chi connectivity index (χ3v) is 4.39. The van der Waals surface area contributed by atoms with Crippen LogP contribution in [0.15, 0.2) is 18.2 Å². The fourth-order valence-electron chi connectivity index (χ4n) is 2.74. The summed E-state index contributed by atoms with van der Waals surface area (Å²) < 4.78 is 0. The molecule has 1 unspecified atom stereocenters. The number of hydrogen-bond donors (Lipinski definition) is 1. The molecule has 1 atom stereocenters. The number of unbranched alkanes of at least 4 members (excludes halogenated alkanes) is 5. The van der Waals surface area contributed by atoms with E-state index in [-0.39, 0.29) is 0 Å². The van der Waals surface area contributed by atoms with E-state index >= 15 is 0 Å². The lowest BCUT2D eigenvalue weighted by molar-refractivity contribution is 0.475. The summed E-state index contributed by atoms with van der Waals surface area (Å²) in [5.74, 6) is 0. The summed E-state index contributed by atoms with van der Waals surface area (Å²) in [6.07, 6.45) is 9.32. The minimum absolute atomic E-state index is 0.449. The van der Waals surface area contributed by atoms with Crippen LogP contribution in [0.4, 0.5) is 0 Å². The van der Waals surface area contributed by atoms with Crippen LogP contribution in [0.1, 0.15) is 76.0 Å². The topological polar surface area (TPSA) is 12.0 Å². The molecule has 0 aliphatic heterocycles. The number of benzene rings is 1. The summed E-state index contributed by atoms with van der Waals surface area (Å²) in [5.41, 5.74) is 2.60. The Morgan fingerprint density at radius 2 is 1.75 bits per heavy atom. The number of halogens is 1. The van der Waals surface area contributed by atoms with Crippen LogP contribution in [0.2, 0.25) is 5.02 Å². The second kappa shape index (κ2) is 10.2. The van der Waals surface area contributed by atoms with Crippen molar-refractivity contribution in [2.75, 3.05) is 6.54 Å². The van der Waals surface area contributed by atoms with Gasteiger partial charge in [0, 0.05) is 11.1 Å². The Bertz CT molecular complexity index is 376. The standard InChI is InChI=1S/C18H30ClN/c1-4-6-7-8-9-10-14-18(20-5-2)16-12-11-13-17(19)15(16)3/h11-13,18,20H,4-10,14H2,1-3H3. The molecule has 0 radical (unpaired) electrons. The summed E-state index contributed by atoms with van der Waals surface area (Å²) in [4.78, 5) is 0. The zero-order chi connectivity index (χ0) is 14.8. The Labute approximate surface area is 130 Å². The zero-order valence-electron chi connectivity index (χ0n) is 13.3. The molecule has 0 bridgehead atoms. The quantitative estimate of drug-likeness (QED) is 0.518. The largest absolute Gasteiger partial charge is 0.310 e. The molecule has 114 valence electrons. The molecule has 0 saturated heterocycles. The molecule has 1 aromatic rings.